The van der Waals surface area contributed by atoms with Crippen molar-refractivity contribution in [2.45, 2.75) is 71.4 Å². The Morgan fingerprint density at radius 2 is 1.85 bits per heavy atom. The van der Waals surface area contributed by atoms with Crippen molar-refractivity contribution in [2.75, 3.05) is 26.2 Å². The SMILES string of the molecule is C=CC(=O)N1CC(CC(=O)c2c(Cl)nc(CCc3[nH]nc4cc(Cl)c(C(C)(C)C)cc34)n2C2CN(C(C)C)C2)C1. The zero-order chi connectivity index (χ0) is 28.9. The number of halogens is 2. The van der Waals surface area contributed by atoms with Crippen LogP contribution < -0.4 is 0 Å². The Labute approximate surface area is 245 Å². The van der Waals surface area contributed by atoms with Gasteiger partial charge in [0.2, 0.25) is 5.91 Å². The Balaban J connectivity index is 1.39. The van der Waals surface area contributed by atoms with E-state index in [1.54, 1.807) is 4.90 Å². The normalized spacial score (nSPS) is 16.9. The topological polar surface area (TPSA) is 87.1 Å². The number of H-pyrrole nitrogens is 1. The number of hydrogen-bond acceptors (Lipinski definition) is 5. The van der Waals surface area contributed by atoms with Crippen molar-refractivity contribution < 1.29 is 9.59 Å². The number of likely N-dealkylation sites (tertiary alicyclic amines) is 2. The minimum Gasteiger partial charge on any atom is -0.338 e. The number of aromatic amines is 1. The number of nitrogens with one attached hydrogen (secondary N) is 1. The first-order valence-corrected chi connectivity index (χ1v) is 14.7. The molecule has 3 aromatic rings. The van der Waals surface area contributed by atoms with Crippen LogP contribution in [0.1, 0.15) is 74.7 Å². The first-order valence-electron chi connectivity index (χ1n) is 14.0. The molecule has 0 unspecified atom stereocenters. The summed E-state index contributed by atoms with van der Waals surface area (Å²) in [4.78, 5) is 34.2. The minimum atomic E-state index is -0.0967. The second kappa shape index (κ2) is 11.0. The molecule has 4 heterocycles. The lowest BCUT2D eigenvalue weighted by atomic mass is 9.86. The molecule has 0 bridgehead atoms. The molecule has 0 spiro atoms. The summed E-state index contributed by atoms with van der Waals surface area (Å²) in [6.45, 7) is 17.2. The largest absolute Gasteiger partial charge is 0.338 e. The molecule has 2 fully saturated rings. The van der Waals surface area contributed by atoms with E-state index in [9.17, 15) is 9.59 Å². The molecule has 2 aromatic heterocycles. The van der Waals surface area contributed by atoms with Gasteiger partial charge in [-0.15, -0.1) is 0 Å². The quantitative estimate of drug-likeness (QED) is 0.260. The number of aromatic nitrogens is 4. The maximum absolute atomic E-state index is 13.6. The average Bonchev–Trinajstić information content (AvgIpc) is 3.36. The molecule has 214 valence electrons. The van der Waals surface area contributed by atoms with Crippen molar-refractivity contribution in [1.82, 2.24) is 29.5 Å². The Hall–Kier alpha value is -2.68. The fraction of sp³-hybridized carbons (Fsp3) is 0.533. The maximum atomic E-state index is 13.6. The van der Waals surface area contributed by atoms with E-state index in [-0.39, 0.29) is 34.2 Å². The van der Waals surface area contributed by atoms with Crippen LogP contribution in [0.25, 0.3) is 10.9 Å². The molecule has 0 atom stereocenters. The van der Waals surface area contributed by atoms with Crippen LogP contribution in [0.15, 0.2) is 24.8 Å². The number of aryl methyl sites for hydroxylation is 2. The van der Waals surface area contributed by atoms with Gasteiger partial charge >= 0.3 is 0 Å². The predicted octanol–water partition coefficient (Wildman–Crippen LogP) is 5.63. The number of fused-ring (bicyclic) bond motifs is 1. The van der Waals surface area contributed by atoms with Gasteiger partial charge < -0.3 is 9.47 Å². The number of carbonyl (C=O) groups excluding carboxylic acids is 2. The number of rotatable bonds is 9. The minimum absolute atomic E-state index is 0.0149. The number of amides is 1. The summed E-state index contributed by atoms with van der Waals surface area (Å²) in [5.74, 6) is 0.819. The Morgan fingerprint density at radius 1 is 1.15 bits per heavy atom. The average molecular weight is 586 g/mol. The van der Waals surface area contributed by atoms with Crippen LogP contribution in [0.4, 0.5) is 0 Å². The molecule has 5 rings (SSSR count). The van der Waals surface area contributed by atoms with Crippen molar-refractivity contribution in [3.05, 3.63) is 57.7 Å². The van der Waals surface area contributed by atoms with E-state index in [1.807, 2.05) is 6.07 Å². The van der Waals surface area contributed by atoms with Crippen LogP contribution in [0.5, 0.6) is 0 Å². The van der Waals surface area contributed by atoms with E-state index in [0.717, 1.165) is 41.1 Å². The summed E-state index contributed by atoms with van der Waals surface area (Å²) >= 11 is 13.3. The third kappa shape index (κ3) is 5.46. The number of imidazole rings is 1. The molecule has 8 nitrogen and oxygen atoms in total. The lowest BCUT2D eigenvalue weighted by molar-refractivity contribution is -0.132. The molecule has 2 aliphatic heterocycles. The van der Waals surface area contributed by atoms with Crippen molar-refractivity contribution in [2.24, 2.45) is 5.92 Å². The zero-order valence-corrected chi connectivity index (χ0v) is 25.4. The second-order valence-electron chi connectivity index (χ2n) is 12.5. The lowest BCUT2D eigenvalue weighted by Crippen LogP contribution is -2.52. The van der Waals surface area contributed by atoms with E-state index >= 15 is 0 Å². The summed E-state index contributed by atoms with van der Waals surface area (Å²) in [5, 5.41) is 9.72. The van der Waals surface area contributed by atoms with Crippen LogP contribution in [0.2, 0.25) is 10.2 Å². The molecule has 2 saturated heterocycles. The number of hydrogen-bond donors (Lipinski definition) is 1. The second-order valence-corrected chi connectivity index (χ2v) is 13.2. The van der Waals surface area contributed by atoms with Crippen LogP contribution >= 0.6 is 23.2 Å². The van der Waals surface area contributed by atoms with Gasteiger partial charge in [-0.1, -0.05) is 50.6 Å². The molecule has 0 radical (unpaired) electrons. The summed E-state index contributed by atoms with van der Waals surface area (Å²) in [7, 11) is 0. The molecule has 1 amide bonds. The van der Waals surface area contributed by atoms with Gasteiger partial charge in [-0.05, 0) is 49.5 Å². The summed E-state index contributed by atoms with van der Waals surface area (Å²) < 4.78 is 2.09. The molecule has 0 saturated carbocycles. The van der Waals surface area contributed by atoms with Crippen LogP contribution in [0.3, 0.4) is 0 Å². The first-order chi connectivity index (χ1) is 18.9. The highest BCUT2D eigenvalue weighted by atomic mass is 35.5. The standard InChI is InChI=1S/C30H38Cl2N6O2/c1-7-27(40)37-13-18(14-37)10-25(39)28-29(32)33-26(38(28)19-15-36(16-19)17(2)3)9-8-23-20-11-21(30(4,5)6)22(31)12-24(20)35-34-23/h7,11-12,17-19H,1,8-10,13-16H2,2-6H3,(H,34,35). The van der Waals surface area contributed by atoms with Gasteiger partial charge in [0.15, 0.2) is 10.9 Å². The molecule has 2 aliphatic rings. The molecule has 0 aliphatic carbocycles. The van der Waals surface area contributed by atoms with Gasteiger partial charge in [0.25, 0.3) is 0 Å². The molecule has 1 N–H and O–H groups in total. The van der Waals surface area contributed by atoms with Crippen LogP contribution in [-0.4, -0.2) is 73.5 Å². The molecule has 10 heteroatoms. The Bertz CT molecular complexity index is 1450. The lowest BCUT2D eigenvalue weighted by Gasteiger charge is -2.43. The number of benzene rings is 1. The van der Waals surface area contributed by atoms with Gasteiger partial charge in [0.05, 0.1) is 11.6 Å². The number of carbonyl (C=O) groups is 2. The number of ketones is 1. The van der Waals surface area contributed by atoms with Gasteiger partial charge in [-0.2, -0.15) is 5.10 Å². The third-order valence-electron chi connectivity index (χ3n) is 8.24. The predicted molar refractivity (Wildman–Crippen MR) is 159 cm³/mol. The summed E-state index contributed by atoms with van der Waals surface area (Å²) in [6, 6.07) is 4.63. The smallest absolute Gasteiger partial charge is 0.245 e. The van der Waals surface area contributed by atoms with Gasteiger partial charge in [-0.3, -0.25) is 19.6 Å². The fourth-order valence-electron chi connectivity index (χ4n) is 5.79. The van der Waals surface area contributed by atoms with E-state index in [4.69, 9.17) is 28.2 Å². The van der Waals surface area contributed by atoms with Gasteiger partial charge in [0.1, 0.15) is 11.5 Å². The van der Waals surface area contributed by atoms with Crippen molar-refractivity contribution in [3.63, 3.8) is 0 Å². The van der Waals surface area contributed by atoms with E-state index < -0.39 is 0 Å². The Morgan fingerprint density at radius 3 is 2.48 bits per heavy atom. The van der Waals surface area contributed by atoms with E-state index in [2.05, 4.69) is 66.9 Å². The van der Waals surface area contributed by atoms with Crippen LogP contribution in [0, 0.1) is 5.92 Å². The third-order valence-corrected chi connectivity index (χ3v) is 8.81. The van der Waals surface area contributed by atoms with Gasteiger partial charge in [0, 0.05) is 67.1 Å². The highest BCUT2D eigenvalue weighted by Gasteiger charge is 2.37. The zero-order valence-electron chi connectivity index (χ0n) is 23.9. The monoisotopic (exact) mass is 584 g/mol. The highest BCUT2D eigenvalue weighted by molar-refractivity contribution is 6.33. The Kier molecular flexibility index (Phi) is 7.89. The maximum Gasteiger partial charge on any atom is 0.245 e. The molecular formula is C30H38Cl2N6O2. The number of Topliss-reactive ketones (excluding diaryl/α,β-unsaturated/α-hetero) is 1. The summed E-state index contributed by atoms with van der Waals surface area (Å²) in [6.07, 6.45) is 2.94. The van der Waals surface area contributed by atoms with E-state index in [0.29, 0.717) is 49.1 Å². The van der Waals surface area contributed by atoms with Crippen molar-refractivity contribution in [1.29, 1.82) is 0 Å². The van der Waals surface area contributed by atoms with Crippen molar-refractivity contribution >= 4 is 45.8 Å². The van der Waals surface area contributed by atoms with Crippen LogP contribution in [-0.2, 0) is 23.1 Å². The van der Waals surface area contributed by atoms with E-state index in [1.165, 1.54) is 6.08 Å². The molecular weight excluding hydrogens is 547 g/mol. The van der Waals surface area contributed by atoms with Crippen molar-refractivity contribution in [3.8, 4) is 0 Å². The first kappa shape index (κ1) is 28.8. The molecule has 40 heavy (non-hydrogen) atoms. The fourth-order valence-corrected chi connectivity index (χ4v) is 6.53. The number of nitrogens with zero attached hydrogens (tertiary/aromatic N) is 5. The molecule has 1 aromatic carbocycles. The summed E-state index contributed by atoms with van der Waals surface area (Å²) in [5.41, 5.74) is 3.32. The van der Waals surface area contributed by atoms with Gasteiger partial charge in [-0.25, -0.2) is 4.98 Å². The highest BCUT2D eigenvalue weighted by Crippen LogP contribution is 2.35.